The molecule has 0 spiro atoms. The van der Waals surface area contributed by atoms with Gasteiger partial charge in [0, 0.05) is 54.3 Å². The van der Waals surface area contributed by atoms with Gasteiger partial charge in [0.05, 0.1) is 33.3 Å². The predicted molar refractivity (Wildman–Crippen MR) is 261 cm³/mol. The van der Waals surface area contributed by atoms with Gasteiger partial charge in [0.25, 0.3) is 0 Å². The minimum atomic E-state index is 0.647. The van der Waals surface area contributed by atoms with Gasteiger partial charge < -0.3 is 4.57 Å². The van der Waals surface area contributed by atoms with E-state index in [0.29, 0.717) is 5.95 Å². The zero-order valence-electron chi connectivity index (χ0n) is 33.4. The number of hydrogen-bond acceptors (Lipinski definition) is 2. The lowest BCUT2D eigenvalue weighted by Gasteiger charge is -2.15. The Labute approximate surface area is 355 Å². The number of hydrogen-bond donors (Lipinski definition) is 0. The molecule has 0 radical (unpaired) electrons. The van der Waals surface area contributed by atoms with Crippen LogP contribution in [-0.4, -0.2) is 19.1 Å². The van der Waals surface area contributed by atoms with Crippen LogP contribution in [0.5, 0.6) is 0 Å². The lowest BCUT2D eigenvalue weighted by Crippen LogP contribution is -2.04. The fraction of sp³-hybridized carbons (Fsp3) is 0. The monoisotopic (exact) mass is 786 g/mol. The Balaban J connectivity index is 1.18. The van der Waals surface area contributed by atoms with Gasteiger partial charge in [-0.2, -0.15) is 0 Å². The van der Waals surface area contributed by atoms with Crippen molar-refractivity contribution in [3.05, 3.63) is 206 Å². The summed E-state index contributed by atoms with van der Waals surface area (Å²) in [6, 6.07) is 74.8. The van der Waals surface area contributed by atoms with Gasteiger partial charge in [0.2, 0.25) is 5.95 Å². The molecule has 4 heteroatoms. The Kier molecular flexibility index (Phi) is 6.80. The molecule has 0 bridgehead atoms. The number of nitrogens with zero attached hydrogens (tertiary/aromatic N) is 4. The van der Waals surface area contributed by atoms with E-state index in [1.54, 1.807) is 0 Å². The highest BCUT2D eigenvalue weighted by molar-refractivity contribution is 6.36. The Bertz CT molecular complexity index is 4180. The minimum Gasteiger partial charge on any atom is -0.309 e. The summed E-state index contributed by atoms with van der Waals surface area (Å²) in [7, 11) is 0. The van der Waals surface area contributed by atoms with Gasteiger partial charge in [-0.1, -0.05) is 170 Å². The Hall–Kier alpha value is -8.34. The van der Waals surface area contributed by atoms with Crippen molar-refractivity contribution in [3.63, 3.8) is 0 Å². The largest absolute Gasteiger partial charge is 0.309 e. The second-order valence-corrected chi connectivity index (χ2v) is 16.4. The van der Waals surface area contributed by atoms with E-state index in [-0.39, 0.29) is 0 Å². The minimum absolute atomic E-state index is 0.647. The van der Waals surface area contributed by atoms with Gasteiger partial charge in [-0.3, -0.25) is 4.57 Å². The van der Waals surface area contributed by atoms with Gasteiger partial charge in [-0.15, -0.1) is 0 Å². The molecule has 0 atom stereocenters. The molecule has 0 saturated carbocycles. The average molecular weight is 787 g/mol. The van der Waals surface area contributed by atoms with Crippen molar-refractivity contribution in [2.75, 3.05) is 0 Å². The highest BCUT2D eigenvalue weighted by atomic mass is 15.2. The first kappa shape index (κ1) is 33.5. The third-order valence-electron chi connectivity index (χ3n) is 13.3. The van der Waals surface area contributed by atoms with Gasteiger partial charge in [-0.25, -0.2) is 9.97 Å². The normalized spacial score (nSPS) is 12.2. The fourth-order valence-electron chi connectivity index (χ4n) is 10.7. The molecule has 0 fully saturated rings. The molecular weight excluding hydrogens is 753 g/mol. The molecule has 0 amide bonds. The van der Waals surface area contributed by atoms with Crippen molar-refractivity contribution in [3.8, 4) is 22.9 Å². The van der Waals surface area contributed by atoms with E-state index in [0.717, 1.165) is 66.1 Å². The van der Waals surface area contributed by atoms with Crippen LogP contribution in [0.15, 0.2) is 206 Å². The average Bonchev–Trinajstić information content (AvgIpc) is 3.87. The van der Waals surface area contributed by atoms with Crippen LogP contribution < -0.4 is 0 Å². The molecule has 11 aromatic carbocycles. The Morgan fingerprint density at radius 1 is 0.290 bits per heavy atom. The van der Waals surface area contributed by atoms with Crippen LogP contribution in [0.1, 0.15) is 0 Å². The molecule has 0 N–H and O–H groups in total. The highest BCUT2D eigenvalue weighted by Crippen LogP contribution is 2.46. The van der Waals surface area contributed by atoms with Gasteiger partial charge >= 0.3 is 0 Å². The molecule has 0 unspecified atom stereocenters. The maximum absolute atomic E-state index is 5.80. The summed E-state index contributed by atoms with van der Waals surface area (Å²) in [5.74, 6) is 0.647. The summed E-state index contributed by atoms with van der Waals surface area (Å²) in [6.07, 6.45) is 0. The van der Waals surface area contributed by atoms with E-state index in [4.69, 9.17) is 9.97 Å². The molecule has 286 valence electrons. The zero-order chi connectivity index (χ0) is 40.5. The number of benzene rings is 11. The van der Waals surface area contributed by atoms with E-state index in [1.807, 2.05) is 0 Å². The standard InChI is InChI=1S/C58H34N4/c1-2-17-37(18-3-1)61-49-27-13-12-25-45(49)52-46(26-14-28-50(52)61)56-48-32-30-35-15-4-6-19-38(35)55(48)59-58(60-56)62-51-34-33-44-42-23-9-8-21-40(42)41-22-10-11-24-43(41)53(44)54(51)47-31-29-36-16-5-7-20-39(36)57(47)62/h1-34H. The van der Waals surface area contributed by atoms with Crippen LogP contribution in [-0.2, 0) is 0 Å². The Morgan fingerprint density at radius 3 is 1.61 bits per heavy atom. The van der Waals surface area contributed by atoms with Crippen LogP contribution in [0, 0.1) is 0 Å². The molecular formula is C58H34N4. The van der Waals surface area contributed by atoms with E-state index < -0.39 is 0 Å². The third kappa shape index (κ3) is 4.50. The summed E-state index contributed by atoms with van der Waals surface area (Å²) < 4.78 is 4.74. The lowest BCUT2D eigenvalue weighted by molar-refractivity contribution is 1.02. The molecule has 0 aliphatic rings. The molecule has 62 heavy (non-hydrogen) atoms. The van der Waals surface area contributed by atoms with Crippen molar-refractivity contribution < 1.29 is 0 Å². The van der Waals surface area contributed by atoms with Crippen molar-refractivity contribution in [1.82, 2.24) is 19.1 Å². The summed E-state index contributed by atoms with van der Waals surface area (Å²) >= 11 is 0. The van der Waals surface area contributed by atoms with Gasteiger partial charge in [-0.05, 0) is 74.1 Å². The first-order valence-electron chi connectivity index (χ1n) is 21.3. The molecule has 3 heterocycles. The molecule has 3 aromatic heterocycles. The molecule has 4 nitrogen and oxygen atoms in total. The highest BCUT2D eigenvalue weighted by Gasteiger charge is 2.24. The summed E-state index contributed by atoms with van der Waals surface area (Å²) in [4.78, 5) is 11.5. The van der Waals surface area contributed by atoms with Gasteiger partial charge in [0.1, 0.15) is 0 Å². The first-order chi connectivity index (χ1) is 30.8. The molecule has 0 saturated heterocycles. The third-order valence-corrected chi connectivity index (χ3v) is 13.3. The zero-order valence-corrected chi connectivity index (χ0v) is 33.4. The summed E-state index contributed by atoms with van der Waals surface area (Å²) in [5, 5.41) is 17.9. The quantitative estimate of drug-likeness (QED) is 0.167. The lowest BCUT2D eigenvalue weighted by atomic mass is 9.91. The summed E-state index contributed by atoms with van der Waals surface area (Å²) in [5.41, 5.74) is 8.51. The van der Waals surface area contributed by atoms with Crippen molar-refractivity contribution in [1.29, 1.82) is 0 Å². The SMILES string of the molecule is c1ccc(-n2c3ccccc3c3c(-c4nc(-n5c6ccc7c8ccccc8c8ccccc8c7c6c6ccc7ccccc7c65)nc5c4ccc4ccccc45)cccc32)cc1. The maximum Gasteiger partial charge on any atom is 0.235 e. The first-order valence-corrected chi connectivity index (χ1v) is 21.3. The second-order valence-electron chi connectivity index (χ2n) is 16.4. The molecule has 0 aliphatic carbocycles. The number of aromatic nitrogens is 4. The fourth-order valence-corrected chi connectivity index (χ4v) is 10.7. The van der Waals surface area contributed by atoms with E-state index in [2.05, 4.69) is 215 Å². The van der Waals surface area contributed by atoms with Crippen LogP contribution in [0.25, 0.3) is 131 Å². The maximum atomic E-state index is 5.80. The number of rotatable bonds is 3. The van der Waals surface area contributed by atoms with Crippen molar-refractivity contribution >= 4 is 108 Å². The van der Waals surface area contributed by atoms with Crippen LogP contribution in [0.4, 0.5) is 0 Å². The van der Waals surface area contributed by atoms with Gasteiger partial charge in [0.15, 0.2) is 0 Å². The Morgan fingerprint density at radius 2 is 0.839 bits per heavy atom. The summed E-state index contributed by atoms with van der Waals surface area (Å²) in [6.45, 7) is 0. The topological polar surface area (TPSA) is 35.6 Å². The van der Waals surface area contributed by atoms with Crippen molar-refractivity contribution in [2.24, 2.45) is 0 Å². The molecule has 14 rings (SSSR count). The number of para-hydroxylation sites is 2. The number of fused-ring (bicyclic) bond motifs is 18. The van der Waals surface area contributed by atoms with Crippen LogP contribution in [0.3, 0.4) is 0 Å². The smallest absolute Gasteiger partial charge is 0.235 e. The van der Waals surface area contributed by atoms with Crippen molar-refractivity contribution in [2.45, 2.75) is 0 Å². The van der Waals surface area contributed by atoms with E-state index >= 15 is 0 Å². The van der Waals surface area contributed by atoms with E-state index in [9.17, 15) is 0 Å². The molecule has 0 aliphatic heterocycles. The molecule has 14 aromatic rings. The van der Waals surface area contributed by atoms with E-state index in [1.165, 1.54) is 59.2 Å². The van der Waals surface area contributed by atoms with Crippen LogP contribution >= 0.6 is 0 Å². The second kappa shape index (κ2) is 12.6. The predicted octanol–water partition coefficient (Wildman–Crippen LogP) is 15.3. The van der Waals surface area contributed by atoms with Crippen LogP contribution in [0.2, 0.25) is 0 Å².